The number of hydrogen-bond acceptors (Lipinski definition) is 5. The number of carbonyl (C=O) groups is 1. The van der Waals surface area contributed by atoms with E-state index in [9.17, 15) is 4.79 Å². The van der Waals surface area contributed by atoms with E-state index in [-0.39, 0.29) is 11.9 Å². The number of likely N-dealkylation sites (N-methyl/N-ethyl adjacent to an activating group) is 1. The molecule has 0 unspecified atom stereocenters. The zero-order chi connectivity index (χ0) is 14.5. The Labute approximate surface area is 126 Å². The van der Waals surface area contributed by atoms with Crippen molar-refractivity contribution in [3.05, 3.63) is 40.6 Å². The molecule has 2 rings (SSSR count). The largest absolute Gasteiger partial charge is 0.301 e. The molecule has 1 amide bonds. The molecule has 0 saturated heterocycles. The molecule has 0 aliphatic carbocycles. The van der Waals surface area contributed by atoms with Crippen molar-refractivity contribution in [2.24, 2.45) is 0 Å². The van der Waals surface area contributed by atoms with Crippen molar-refractivity contribution in [3.8, 4) is 0 Å². The van der Waals surface area contributed by atoms with Gasteiger partial charge in [0.1, 0.15) is 5.15 Å². The first-order valence-electron chi connectivity index (χ1n) is 6.07. The maximum Gasteiger partial charge on any atom is 0.243 e. The number of nitrogens with one attached hydrogen (secondary N) is 1. The number of aromatic nitrogens is 2. The van der Waals surface area contributed by atoms with Crippen LogP contribution in [0.2, 0.25) is 5.15 Å². The summed E-state index contributed by atoms with van der Waals surface area (Å²) in [6.45, 7) is 2.48. The summed E-state index contributed by atoms with van der Waals surface area (Å²) in [6, 6.07) is 3.37. The highest BCUT2D eigenvalue weighted by molar-refractivity contribution is 7.13. The smallest absolute Gasteiger partial charge is 0.243 e. The normalized spacial score (nSPS) is 12.4. The number of pyridine rings is 1. The molecule has 0 aliphatic heterocycles. The van der Waals surface area contributed by atoms with Crippen LogP contribution in [0, 0.1) is 0 Å². The van der Waals surface area contributed by atoms with Gasteiger partial charge < -0.3 is 5.32 Å². The second-order valence-corrected chi connectivity index (χ2v) is 5.69. The summed E-state index contributed by atoms with van der Waals surface area (Å²) in [5.74, 6) is -0.0793. The Morgan fingerprint density at radius 2 is 2.30 bits per heavy atom. The first kappa shape index (κ1) is 14.9. The molecule has 0 saturated carbocycles. The standard InChI is InChI=1S/C13H15ClN4OS/c1-9(12(19)17-13-15-5-6-20-13)18(2)8-10-3-4-11(14)16-7-10/h3-7,9H,8H2,1-2H3,(H,15,17,19)/t9-/m1/s1. The van der Waals surface area contributed by atoms with E-state index in [1.807, 2.05) is 30.3 Å². The number of amides is 1. The number of hydrogen-bond donors (Lipinski definition) is 1. The number of rotatable bonds is 5. The van der Waals surface area contributed by atoms with Gasteiger partial charge in [0.2, 0.25) is 5.91 Å². The van der Waals surface area contributed by atoms with Crippen molar-refractivity contribution in [1.29, 1.82) is 0 Å². The number of carbonyl (C=O) groups excluding carboxylic acids is 1. The van der Waals surface area contributed by atoms with Crippen LogP contribution in [-0.4, -0.2) is 33.9 Å². The second-order valence-electron chi connectivity index (χ2n) is 4.41. The molecule has 2 aromatic heterocycles. The molecule has 0 aliphatic rings. The zero-order valence-electron chi connectivity index (χ0n) is 11.2. The summed E-state index contributed by atoms with van der Waals surface area (Å²) in [7, 11) is 1.89. The molecule has 0 aromatic carbocycles. The van der Waals surface area contributed by atoms with Crippen LogP contribution in [0.25, 0.3) is 0 Å². The maximum absolute atomic E-state index is 12.1. The predicted molar refractivity (Wildman–Crippen MR) is 80.9 cm³/mol. The van der Waals surface area contributed by atoms with E-state index in [0.29, 0.717) is 16.8 Å². The van der Waals surface area contributed by atoms with Crippen molar-refractivity contribution in [2.75, 3.05) is 12.4 Å². The lowest BCUT2D eigenvalue weighted by Gasteiger charge is -2.23. The summed E-state index contributed by atoms with van der Waals surface area (Å²) in [6.07, 6.45) is 3.37. The van der Waals surface area contributed by atoms with Crippen molar-refractivity contribution < 1.29 is 4.79 Å². The third kappa shape index (κ3) is 4.00. The highest BCUT2D eigenvalue weighted by atomic mass is 35.5. The van der Waals surface area contributed by atoms with Crippen LogP contribution in [0.4, 0.5) is 5.13 Å². The molecule has 0 radical (unpaired) electrons. The van der Waals surface area contributed by atoms with E-state index in [2.05, 4.69) is 15.3 Å². The van der Waals surface area contributed by atoms with E-state index in [1.165, 1.54) is 11.3 Å². The molecule has 20 heavy (non-hydrogen) atoms. The third-order valence-corrected chi connectivity index (χ3v) is 3.84. The van der Waals surface area contributed by atoms with Gasteiger partial charge in [0.25, 0.3) is 0 Å². The Balaban J connectivity index is 1.92. The first-order chi connectivity index (χ1) is 9.56. The second kappa shape index (κ2) is 6.78. The van der Waals surface area contributed by atoms with Gasteiger partial charge in [0.15, 0.2) is 5.13 Å². The van der Waals surface area contributed by atoms with Gasteiger partial charge in [-0.05, 0) is 25.6 Å². The number of anilines is 1. The molecule has 0 spiro atoms. The fourth-order valence-corrected chi connectivity index (χ4v) is 2.26. The summed E-state index contributed by atoms with van der Waals surface area (Å²) in [4.78, 5) is 22.1. The fraction of sp³-hybridized carbons (Fsp3) is 0.308. The molecular weight excluding hydrogens is 296 g/mol. The van der Waals surface area contributed by atoms with Gasteiger partial charge in [-0.3, -0.25) is 9.69 Å². The molecule has 7 heteroatoms. The predicted octanol–water partition coefficient (Wildman–Crippen LogP) is 2.65. The average Bonchev–Trinajstić information content (AvgIpc) is 2.93. The fourth-order valence-electron chi connectivity index (χ4n) is 1.62. The van der Waals surface area contributed by atoms with Crippen molar-refractivity contribution in [3.63, 3.8) is 0 Å². The minimum atomic E-state index is -0.269. The van der Waals surface area contributed by atoms with E-state index in [0.717, 1.165) is 5.56 Å². The van der Waals surface area contributed by atoms with Crippen LogP contribution >= 0.6 is 22.9 Å². The van der Waals surface area contributed by atoms with Crippen LogP contribution in [0.1, 0.15) is 12.5 Å². The average molecular weight is 311 g/mol. The molecule has 5 nitrogen and oxygen atoms in total. The first-order valence-corrected chi connectivity index (χ1v) is 7.33. The van der Waals surface area contributed by atoms with Gasteiger partial charge in [0.05, 0.1) is 6.04 Å². The van der Waals surface area contributed by atoms with E-state index < -0.39 is 0 Å². The Hall–Kier alpha value is -1.50. The SMILES string of the molecule is C[C@H](C(=O)Nc1nccs1)N(C)Cc1ccc(Cl)nc1. The summed E-state index contributed by atoms with van der Waals surface area (Å²) in [5.41, 5.74) is 1.01. The zero-order valence-corrected chi connectivity index (χ0v) is 12.8. The lowest BCUT2D eigenvalue weighted by Crippen LogP contribution is -2.39. The van der Waals surface area contributed by atoms with Gasteiger partial charge in [-0.2, -0.15) is 0 Å². The number of halogens is 1. The van der Waals surface area contributed by atoms with Gasteiger partial charge in [-0.15, -0.1) is 11.3 Å². The van der Waals surface area contributed by atoms with Crippen LogP contribution in [0.5, 0.6) is 0 Å². The lowest BCUT2D eigenvalue weighted by molar-refractivity contribution is -0.120. The van der Waals surface area contributed by atoms with Gasteiger partial charge >= 0.3 is 0 Å². The van der Waals surface area contributed by atoms with Crippen LogP contribution in [-0.2, 0) is 11.3 Å². The monoisotopic (exact) mass is 310 g/mol. The van der Waals surface area contributed by atoms with Crippen molar-refractivity contribution in [1.82, 2.24) is 14.9 Å². The molecule has 2 aromatic rings. The number of nitrogens with zero attached hydrogens (tertiary/aromatic N) is 3. The van der Waals surface area contributed by atoms with Gasteiger partial charge in [-0.25, -0.2) is 9.97 Å². The van der Waals surface area contributed by atoms with Crippen molar-refractivity contribution in [2.45, 2.75) is 19.5 Å². The Morgan fingerprint density at radius 1 is 1.50 bits per heavy atom. The topological polar surface area (TPSA) is 58.1 Å². The minimum absolute atomic E-state index is 0.0793. The lowest BCUT2D eigenvalue weighted by atomic mass is 10.2. The van der Waals surface area contributed by atoms with E-state index >= 15 is 0 Å². The molecule has 1 N–H and O–H groups in total. The van der Waals surface area contributed by atoms with Crippen LogP contribution in [0.3, 0.4) is 0 Å². The molecule has 1 atom stereocenters. The van der Waals surface area contributed by atoms with Gasteiger partial charge in [0, 0.05) is 24.3 Å². The Kier molecular flexibility index (Phi) is 5.05. The Morgan fingerprint density at radius 3 is 2.90 bits per heavy atom. The summed E-state index contributed by atoms with van der Waals surface area (Å²) < 4.78 is 0. The van der Waals surface area contributed by atoms with Crippen LogP contribution < -0.4 is 5.32 Å². The summed E-state index contributed by atoms with van der Waals surface area (Å²) >= 11 is 7.15. The quantitative estimate of drug-likeness (QED) is 0.863. The van der Waals surface area contributed by atoms with Crippen LogP contribution in [0.15, 0.2) is 29.9 Å². The highest BCUT2D eigenvalue weighted by Gasteiger charge is 2.19. The molecule has 0 bridgehead atoms. The van der Waals surface area contributed by atoms with E-state index in [4.69, 9.17) is 11.6 Å². The molecular formula is C13H15ClN4OS. The maximum atomic E-state index is 12.1. The molecule has 2 heterocycles. The Bertz CT molecular complexity index is 558. The van der Waals surface area contributed by atoms with E-state index in [1.54, 1.807) is 18.5 Å². The minimum Gasteiger partial charge on any atom is -0.301 e. The van der Waals surface area contributed by atoms with Gasteiger partial charge in [-0.1, -0.05) is 17.7 Å². The summed E-state index contributed by atoms with van der Waals surface area (Å²) in [5, 5.41) is 5.69. The molecule has 0 fully saturated rings. The molecule has 106 valence electrons. The number of thiazole rings is 1. The third-order valence-electron chi connectivity index (χ3n) is 2.92. The highest BCUT2D eigenvalue weighted by Crippen LogP contribution is 2.13. The van der Waals surface area contributed by atoms with Crippen molar-refractivity contribution >= 4 is 34.0 Å².